The van der Waals surface area contributed by atoms with Crippen molar-refractivity contribution in [1.29, 1.82) is 0 Å². The van der Waals surface area contributed by atoms with Crippen LogP contribution in [0.4, 0.5) is 13.2 Å². The summed E-state index contributed by atoms with van der Waals surface area (Å²) in [7, 11) is 0.371. The number of nitrogens with zero attached hydrogens (tertiary/aromatic N) is 1. The Morgan fingerprint density at radius 1 is 1.19 bits per heavy atom. The molecule has 1 aromatic carbocycles. The molecule has 0 aliphatic carbocycles. The fourth-order valence-electron chi connectivity index (χ4n) is 3.02. The number of amides is 1. The fourth-order valence-corrected chi connectivity index (χ4v) is 4.81. The van der Waals surface area contributed by atoms with Crippen LogP contribution >= 0.6 is 0 Å². The maximum Gasteiger partial charge on any atom is 0.416 e. The van der Waals surface area contributed by atoms with Crippen LogP contribution in [0.3, 0.4) is 0 Å². The average molecular weight is 384 g/mol. The number of hydrogen-bond acceptors (Lipinski definition) is 2. The summed E-state index contributed by atoms with van der Waals surface area (Å²) >= 11 is 0. The van der Waals surface area contributed by atoms with Gasteiger partial charge in [0.2, 0.25) is 0 Å². The molecule has 1 unspecified atom stereocenters. The predicted molar refractivity (Wildman–Crippen MR) is 97.3 cm³/mol. The average Bonchev–Trinajstić information content (AvgIpc) is 2.99. The van der Waals surface area contributed by atoms with Crippen LogP contribution in [0.15, 0.2) is 40.8 Å². The highest BCUT2D eigenvalue weighted by atomic mass is 32.2. The van der Waals surface area contributed by atoms with Gasteiger partial charge in [0.25, 0.3) is 5.91 Å². The Labute approximate surface area is 153 Å². The smallest absolute Gasteiger partial charge is 0.416 e. The molecule has 1 amide bonds. The third-order valence-electron chi connectivity index (χ3n) is 4.50. The number of halogens is 3. The molecule has 0 bridgehead atoms. The Morgan fingerprint density at radius 3 is 2.73 bits per heavy atom. The van der Waals surface area contributed by atoms with Gasteiger partial charge in [-0.1, -0.05) is 12.1 Å². The number of carbonyl (C=O) groups is 1. The van der Waals surface area contributed by atoms with Crippen molar-refractivity contribution in [2.24, 2.45) is 0 Å². The van der Waals surface area contributed by atoms with E-state index in [0.717, 1.165) is 35.8 Å². The quantitative estimate of drug-likeness (QED) is 0.733. The number of hydrogen-bond donors (Lipinski definition) is 0. The van der Waals surface area contributed by atoms with Gasteiger partial charge in [-0.15, -0.1) is 0 Å². The van der Waals surface area contributed by atoms with E-state index >= 15 is 0 Å². The second-order valence-electron chi connectivity index (χ2n) is 6.20. The maximum atomic E-state index is 12.9. The largest absolute Gasteiger partial charge is 0.451 e. The van der Waals surface area contributed by atoms with Crippen molar-refractivity contribution in [1.82, 2.24) is 4.90 Å². The summed E-state index contributed by atoms with van der Waals surface area (Å²) in [4.78, 5) is 14.5. The predicted octanol–water partition coefficient (Wildman–Crippen LogP) is 4.45. The molecule has 3 rings (SSSR count). The van der Waals surface area contributed by atoms with Gasteiger partial charge in [-0.3, -0.25) is 4.79 Å². The van der Waals surface area contributed by atoms with Crippen LogP contribution in [0, 0.1) is 0 Å². The number of furan rings is 1. The van der Waals surface area contributed by atoms with Crippen LogP contribution < -0.4 is 0 Å². The van der Waals surface area contributed by atoms with Crippen molar-refractivity contribution in [3.05, 3.63) is 47.7 Å². The first kappa shape index (κ1) is 18.9. The lowest BCUT2D eigenvalue weighted by atomic mass is 10.1. The Balaban J connectivity index is 1.76. The molecular weight excluding hydrogens is 363 g/mol. The summed E-state index contributed by atoms with van der Waals surface area (Å²) in [6, 6.07) is 8.02. The van der Waals surface area contributed by atoms with Crippen molar-refractivity contribution in [3.63, 3.8) is 0 Å². The van der Waals surface area contributed by atoms with Gasteiger partial charge < -0.3 is 9.32 Å². The summed E-state index contributed by atoms with van der Waals surface area (Å²) in [5, 5.41) is 0. The summed E-state index contributed by atoms with van der Waals surface area (Å²) in [6.45, 7) is 3.58. The van der Waals surface area contributed by atoms with E-state index in [0.29, 0.717) is 29.5 Å². The van der Waals surface area contributed by atoms with Gasteiger partial charge in [0, 0.05) is 18.5 Å². The van der Waals surface area contributed by atoms with E-state index in [9.17, 15) is 18.0 Å². The zero-order chi connectivity index (χ0) is 18.7. The molecule has 0 N–H and O–H groups in total. The molecule has 1 aromatic heterocycles. The number of alkyl halides is 3. The molecule has 1 saturated heterocycles. The van der Waals surface area contributed by atoms with Gasteiger partial charge in [-0.2, -0.15) is 13.2 Å². The summed E-state index contributed by atoms with van der Waals surface area (Å²) in [5.74, 6) is 3.54. The number of carbonyl (C=O) groups excluding carboxylic acids is 1. The zero-order valence-electron chi connectivity index (χ0n) is 14.5. The molecule has 1 atom stereocenters. The molecule has 140 valence electrons. The maximum absolute atomic E-state index is 12.9. The first-order valence-corrected chi connectivity index (χ1v) is 10.3. The van der Waals surface area contributed by atoms with Crippen molar-refractivity contribution in [2.45, 2.75) is 19.5 Å². The number of benzene rings is 1. The summed E-state index contributed by atoms with van der Waals surface area (Å²) in [5.41, 5.74) is -0.430. The van der Waals surface area contributed by atoms with Crippen molar-refractivity contribution in [2.75, 3.05) is 30.3 Å². The highest BCUT2D eigenvalue weighted by Gasteiger charge is 2.31. The van der Waals surface area contributed by atoms with E-state index in [1.807, 2.05) is 0 Å². The standard InChI is InChI=1S/C19H21F3NO2S/c1-2-26-11-4-9-23(10-12-26)18(24)17-8-7-16(25-17)14-5-3-6-15(13-14)19(20,21)22/h3,5-8,13H,2,4,9-12H2,1H3/q+1. The van der Waals surface area contributed by atoms with Crippen LogP contribution in [0.25, 0.3) is 11.3 Å². The van der Waals surface area contributed by atoms with E-state index in [1.54, 1.807) is 23.1 Å². The first-order chi connectivity index (χ1) is 12.4. The van der Waals surface area contributed by atoms with Gasteiger partial charge >= 0.3 is 6.18 Å². The molecule has 1 aliphatic rings. The second-order valence-corrected chi connectivity index (χ2v) is 8.82. The van der Waals surface area contributed by atoms with Gasteiger partial charge in [-0.25, -0.2) is 0 Å². The van der Waals surface area contributed by atoms with E-state index < -0.39 is 11.7 Å². The Kier molecular flexibility index (Phi) is 5.65. The Bertz CT molecular complexity index is 772. The molecule has 1 fully saturated rings. The van der Waals surface area contributed by atoms with Crippen LogP contribution in [0.1, 0.15) is 29.5 Å². The second kappa shape index (κ2) is 7.78. The molecule has 26 heavy (non-hydrogen) atoms. The molecular formula is C19H21F3NO2S+. The third kappa shape index (κ3) is 4.26. The van der Waals surface area contributed by atoms with E-state index in [2.05, 4.69) is 6.92 Å². The van der Waals surface area contributed by atoms with Gasteiger partial charge in [-0.05, 0) is 42.1 Å². The van der Waals surface area contributed by atoms with Crippen molar-refractivity contribution < 1.29 is 22.4 Å². The topological polar surface area (TPSA) is 33.5 Å². The lowest BCUT2D eigenvalue weighted by Gasteiger charge is -2.17. The Hall–Kier alpha value is -1.89. The molecule has 1 aliphatic heterocycles. The van der Waals surface area contributed by atoms with Crippen LogP contribution in [0.2, 0.25) is 0 Å². The van der Waals surface area contributed by atoms with E-state index in [1.165, 1.54) is 6.07 Å². The lowest BCUT2D eigenvalue weighted by Crippen LogP contribution is -2.33. The van der Waals surface area contributed by atoms with Gasteiger partial charge in [0.1, 0.15) is 23.0 Å². The molecule has 2 aromatic rings. The minimum Gasteiger partial charge on any atom is -0.451 e. The molecule has 0 spiro atoms. The van der Waals surface area contributed by atoms with Crippen LogP contribution in [0.5, 0.6) is 0 Å². The highest BCUT2D eigenvalue weighted by molar-refractivity contribution is 7.96. The minimum absolute atomic E-state index is 0.177. The van der Waals surface area contributed by atoms with Crippen LogP contribution in [-0.4, -0.2) is 41.2 Å². The molecule has 2 heterocycles. The molecule has 7 heteroatoms. The molecule has 0 radical (unpaired) electrons. The molecule has 3 nitrogen and oxygen atoms in total. The van der Waals surface area contributed by atoms with Crippen molar-refractivity contribution >= 4 is 16.8 Å². The lowest BCUT2D eigenvalue weighted by molar-refractivity contribution is -0.137. The summed E-state index contributed by atoms with van der Waals surface area (Å²) < 4.78 is 44.2. The monoisotopic (exact) mass is 384 g/mol. The molecule has 0 saturated carbocycles. The van der Waals surface area contributed by atoms with E-state index in [4.69, 9.17) is 4.42 Å². The first-order valence-electron chi connectivity index (χ1n) is 8.59. The van der Waals surface area contributed by atoms with Gasteiger partial charge in [0.05, 0.1) is 12.1 Å². The highest BCUT2D eigenvalue weighted by Crippen LogP contribution is 2.32. The normalized spacial score (nSPS) is 18.6. The Morgan fingerprint density at radius 2 is 2.00 bits per heavy atom. The summed E-state index contributed by atoms with van der Waals surface area (Å²) in [6.07, 6.45) is -3.44. The van der Waals surface area contributed by atoms with Gasteiger partial charge in [0.15, 0.2) is 5.76 Å². The van der Waals surface area contributed by atoms with E-state index in [-0.39, 0.29) is 17.4 Å². The fraction of sp³-hybridized carbons (Fsp3) is 0.421. The zero-order valence-corrected chi connectivity index (χ0v) is 15.3. The van der Waals surface area contributed by atoms with Crippen molar-refractivity contribution in [3.8, 4) is 11.3 Å². The minimum atomic E-state index is -4.41. The van der Waals surface area contributed by atoms with Crippen LogP contribution in [-0.2, 0) is 17.1 Å². The SMILES string of the molecule is CC[S+]1CCCN(C(=O)c2ccc(-c3cccc(C(F)(F)F)c3)o2)CC1. The number of rotatable bonds is 3. The third-order valence-corrected chi connectivity index (χ3v) is 6.94.